The van der Waals surface area contributed by atoms with E-state index in [1.807, 2.05) is 13.8 Å². The molecule has 0 saturated carbocycles. The molecule has 0 amide bonds. The fourth-order valence-electron chi connectivity index (χ4n) is 1.85. The number of ether oxygens (including phenoxy) is 2. The predicted octanol–water partition coefficient (Wildman–Crippen LogP) is 3.19. The SMILES string of the molecule is CCOC(OCC)c1cn(Cc2ccc(Cl)c(F)c2)nn1. The van der Waals surface area contributed by atoms with Crippen LogP contribution in [0.25, 0.3) is 0 Å². The van der Waals surface area contributed by atoms with Gasteiger partial charge in [-0.3, -0.25) is 0 Å². The summed E-state index contributed by atoms with van der Waals surface area (Å²) in [5.41, 5.74) is 1.34. The minimum Gasteiger partial charge on any atom is -0.347 e. The summed E-state index contributed by atoms with van der Waals surface area (Å²) in [7, 11) is 0. The van der Waals surface area contributed by atoms with Crippen molar-refractivity contribution in [3.05, 3.63) is 46.5 Å². The van der Waals surface area contributed by atoms with Crippen molar-refractivity contribution < 1.29 is 13.9 Å². The average Bonchev–Trinajstić information content (AvgIpc) is 2.91. The van der Waals surface area contributed by atoms with Crippen molar-refractivity contribution in [3.8, 4) is 0 Å². The van der Waals surface area contributed by atoms with Gasteiger partial charge in [0.25, 0.3) is 0 Å². The molecule has 114 valence electrons. The first-order valence-corrected chi connectivity index (χ1v) is 7.09. The Kier molecular flexibility index (Phi) is 5.67. The third-order valence-electron chi connectivity index (χ3n) is 2.76. The molecule has 1 heterocycles. The first kappa shape index (κ1) is 15.9. The maximum atomic E-state index is 13.4. The number of halogens is 2. The van der Waals surface area contributed by atoms with Gasteiger partial charge in [0, 0.05) is 13.2 Å². The van der Waals surface area contributed by atoms with Crippen LogP contribution in [-0.2, 0) is 16.0 Å². The molecule has 0 atom stereocenters. The first-order chi connectivity index (χ1) is 10.1. The average molecular weight is 314 g/mol. The van der Waals surface area contributed by atoms with Gasteiger partial charge in [-0.2, -0.15) is 0 Å². The van der Waals surface area contributed by atoms with Crippen LogP contribution in [0.2, 0.25) is 5.02 Å². The molecule has 0 bridgehead atoms. The van der Waals surface area contributed by atoms with Gasteiger partial charge in [-0.25, -0.2) is 9.07 Å². The van der Waals surface area contributed by atoms with Crippen LogP contribution in [0.3, 0.4) is 0 Å². The van der Waals surface area contributed by atoms with E-state index in [0.717, 1.165) is 5.56 Å². The second-order valence-electron chi connectivity index (χ2n) is 4.33. The van der Waals surface area contributed by atoms with E-state index in [1.165, 1.54) is 12.1 Å². The largest absolute Gasteiger partial charge is 0.347 e. The lowest BCUT2D eigenvalue weighted by atomic mass is 10.2. The van der Waals surface area contributed by atoms with Gasteiger partial charge < -0.3 is 9.47 Å². The van der Waals surface area contributed by atoms with Gasteiger partial charge >= 0.3 is 0 Å². The highest BCUT2D eigenvalue weighted by Gasteiger charge is 2.15. The number of hydrogen-bond donors (Lipinski definition) is 0. The lowest BCUT2D eigenvalue weighted by molar-refractivity contribution is -0.142. The Morgan fingerprint density at radius 2 is 2.00 bits per heavy atom. The van der Waals surface area contributed by atoms with Gasteiger partial charge in [0.2, 0.25) is 6.29 Å². The Morgan fingerprint density at radius 1 is 1.29 bits per heavy atom. The molecular weight excluding hydrogens is 297 g/mol. The Hall–Kier alpha value is -1.50. The summed E-state index contributed by atoms with van der Waals surface area (Å²) in [6.07, 6.45) is 1.19. The minimum atomic E-state index is -0.532. The molecule has 0 unspecified atom stereocenters. The van der Waals surface area contributed by atoms with E-state index in [2.05, 4.69) is 10.3 Å². The summed E-state index contributed by atoms with van der Waals surface area (Å²) in [5.74, 6) is -0.448. The standard InChI is InChI=1S/C14H17ClFN3O2/c1-3-20-14(21-4-2)13-9-19(18-17-13)8-10-5-6-11(15)12(16)7-10/h5-7,9,14H,3-4,8H2,1-2H3. The first-order valence-electron chi connectivity index (χ1n) is 6.71. The molecule has 5 nitrogen and oxygen atoms in total. The van der Waals surface area contributed by atoms with E-state index >= 15 is 0 Å². The molecule has 1 aromatic heterocycles. The van der Waals surface area contributed by atoms with Crippen LogP contribution in [-0.4, -0.2) is 28.2 Å². The molecule has 0 radical (unpaired) electrons. The molecule has 0 aliphatic carbocycles. The molecule has 7 heteroatoms. The van der Waals surface area contributed by atoms with Crippen LogP contribution in [0.4, 0.5) is 4.39 Å². The Balaban J connectivity index is 2.09. The third-order valence-corrected chi connectivity index (χ3v) is 3.07. The molecule has 0 aliphatic rings. The summed E-state index contributed by atoms with van der Waals surface area (Å²) < 4.78 is 25.9. The Labute approximate surface area is 127 Å². The molecule has 0 spiro atoms. The van der Waals surface area contributed by atoms with Crippen molar-refractivity contribution in [1.29, 1.82) is 0 Å². The van der Waals surface area contributed by atoms with Gasteiger partial charge in [0.05, 0.1) is 17.8 Å². The molecular formula is C14H17ClFN3O2. The van der Waals surface area contributed by atoms with Crippen molar-refractivity contribution in [2.75, 3.05) is 13.2 Å². The third kappa shape index (κ3) is 4.23. The fraction of sp³-hybridized carbons (Fsp3) is 0.429. The minimum absolute atomic E-state index is 0.103. The molecule has 0 N–H and O–H groups in total. The maximum Gasteiger partial charge on any atom is 0.204 e. The highest BCUT2D eigenvalue weighted by Crippen LogP contribution is 2.18. The smallest absolute Gasteiger partial charge is 0.204 e. The lowest BCUT2D eigenvalue weighted by Crippen LogP contribution is -2.09. The van der Waals surface area contributed by atoms with E-state index in [9.17, 15) is 4.39 Å². The predicted molar refractivity (Wildman–Crippen MR) is 76.5 cm³/mol. The monoisotopic (exact) mass is 313 g/mol. The van der Waals surface area contributed by atoms with Gasteiger partial charge in [0.15, 0.2) is 0 Å². The van der Waals surface area contributed by atoms with Gasteiger partial charge in [0.1, 0.15) is 11.5 Å². The van der Waals surface area contributed by atoms with Crippen molar-refractivity contribution >= 4 is 11.6 Å². The van der Waals surface area contributed by atoms with E-state index in [0.29, 0.717) is 25.5 Å². The summed E-state index contributed by atoms with van der Waals surface area (Å²) >= 11 is 5.66. The molecule has 21 heavy (non-hydrogen) atoms. The topological polar surface area (TPSA) is 49.2 Å². The van der Waals surface area contributed by atoms with Crippen molar-refractivity contribution in [3.63, 3.8) is 0 Å². The van der Waals surface area contributed by atoms with E-state index in [1.54, 1.807) is 16.9 Å². The number of nitrogens with zero attached hydrogens (tertiary/aromatic N) is 3. The Bertz CT molecular complexity index is 585. The quantitative estimate of drug-likeness (QED) is 0.737. The number of hydrogen-bond acceptors (Lipinski definition) is 4. The zero-order chi connectivity index (χ0) is 15.2. The summed E-state index contributed by atoms with van der Waals surface area (Å²) in [6.45, 7) is 5.19. The normalized spacial score (nSPS) is 11.3. The van der Waals surface area contributed by atoms with Crippen LogP contribution in [0.5, 0.6) is 0 Å². The van der Waals surface area contributed by atoms with Crippen molar-refractivity contribution in [2.24, 2.45) is 0 Å². The highest BCUT2D eigenvalue weighted by molar-refractivity contribution is 6.30. The number of aromatic nitrogens is 3. The van der Waals surface area contributed by atoms with Crippen LogP contribution in [0.15, 0.2) is 24.4 Å². The molecule has 0 aliphatic heterocycles. The maximum absolute atomic E-state index is 13.4. The summed E-state index contributed by atoms with van der Waals surface area (Å²) in [6, 6.07) is 4.65. The van der Waals surface area contributed by atoms with Crippen LogP contribution in [0.1, 0.15) is 31.4 Å². The second-order valence-corrected chi connectivity index (χ2v) is 4.74. The van der Waals surface area contributed by atoms with Gasteiger partial charge in [-0.1, -0.05) is 22.9 Å². The van der Waals surface area contributed by atoms with E-state index in [-0.39, 0.29) is 5.02 Å². The summed E-state index contributed by atoms with van der Waals surface area (Å²) in [4.78, 5) is 0. The van der Waals surface area contributed by atoms with E-state index in [4.69, 9.17) is 21.1 Å². The molecule has 0 fully saturated rings. The molecule has 0 saturated heterocycles. The lowest BCUT2D eigenvalue weighted by Gasteiger charge is -2.13. The highest BCUT2D eigenvalue weighted by atomic mass is 35.5. The molecule has 1 aromatic carbocycles. The van der Waals surface area contributed by atoms with Gasteiger partial charge in [-0.05, 0) is 31.5 Å². The number of benzene rings is 1. The molecule has 2 rings (SSSR count). The van der Waals surface area contributed by atoms with Crippen molar-refractivity contribution in [2.45, 2.75) is 26.7 Å². The van der Waals surface area contributed by atoms with Crippen LogP contribution in [0, 0.1) is 5.82 Å². The molecule has 2 aromatic rings. The van der Waals surface area contributed by atoms with Crippen LogP contribution < -0.4 is 0 Å². The zero-order valence-corrected chi connectivity index (χ0v) is 12.7. The summed E-state index contributed by atoms with van der Waals surface area (Å²) in [5, 5.41) is 8.14. The number of rotatable bonds is 7. The van der Waals surface area contributed by atoms with Crippen molar-refractivity contribution in [1.82, 2.24) is 15.0 Å². The Morgan fingerprint density at radius 3 is 2.62 bits per heavy atom. The van der Waals surface area contributed by atoms with Gasteiger partial charge in [-0.15, -0.1) is 5.10 Å². The van der Waals surface area contributed by atoms with Crippen LogP contribution >= 0.6 is 11.6 Å². The fourth-order valence-corrected chi connectivity index (χ4v) is 1.96. The van der Waals surface area contributed by atoms with E-state index < -0.39 is 12.1 Å². The zero-order valence-electron chi connectivity index (χ0n) is 11.9. The second kappa shape index (κ2) is 7.49.